The van der Waals surface area contributed by atoms with E-state index in [0.29, 0.717) is 13.1 Å². The number of rotatable bonds is 2. The molecule has 0 aromatic rings. The van der Waals surface area contributed by atoms with Gasteiger partial charge in [-0.3, -0.25) is 0 Å². The summed E-state index contributed by atoms with van der Waals surface area (Å²) in [6, 6.07) is 0. The normalized spacial score (nSPS) is 34.7. The smallest absolute Gasteiger partial charge is 0.169 e. The molecular formula is C9H18N2O2Pt. The molecule has 0 amide bonds. The third-order valence-electron chi connectivity index (χ3n) is 2.98. The molecule has 0 aromatic carbocycles. The largest absolute Gasteiger partial charge is 0.343 e. The van der Waals surface area contributed by atoms with E-state index < -0.39 is 0 Å². The summed E-state index contributed by atoms with van der Waals surface area (Å²) >= 11 is 0. The van der Waals surface area contributed by atoms with Crippen molar-refractivity contribution >= 4 is 0 Å². The molecule has 0 aromatic heterocycles. The second-order valence-electron chi connectivity index (χ2n) is 3.90. The van der Waals surface area contributed by atoms with Gasteiger partial charge < -0.3 is 20.9 Å². The zero-order valence-electron chi connectivity index (χ0n) is 8.18. The van der Waals surface area contributed by atoms with E-state index in [9.17, 15) is 0 Å². The van der Waals surface area contributed by atoms with Crippen molar-refractivity contribution in [2.45, 2.75) is 43.7 Å². The molecule has 1 aliphatic heterocycles. The van der Waals surface area contributed by atoms with Crippen molar-refractivity contribution in [1.29, 1.82) is 0 Å². The van der Waals surface area contributed by atoms with E-state index in [0.717, 1.165) is 12.8 Å². The zero-order valence-corrected chi connectivity index (χ0v) is 10.5. The molecule has 2 fully saturated rings. The van der Waals surface area contributed by atoms with Gasteiger partial charge in [0, 0.05) is 47.0 Å². The first-order valence-corrected chi connectivity index (χ1v) is 5.05. The molecule has 2 aliphatic rings. The molecule has 2 rings (SSSR count). The molecule has 4 nitrogen and oxygen atoms in total. The van der Waals surface area contributed by atoms with Crippen molar-refractivity contribution in [3.8, 4) is 0 Å². The van der Waals surface area contributed by atoms with Crippen molar-refractivity contribution < 1.29 is 30.5 Å². The predicted molar refractivity (Wildman–Crippen MR) is 49.1 cm³/mol. The van der Waals surface area contributed by atoms with Crippen molar-refractivity contribution in [1.82, 2.24) is 0 Å². The Morgan fingerprint density at radius 2 is 1.43 bits per heavy atom. The molecule has 86 valence electrons. The molecule has 1 saturated carbocycles. The first kappa shape index (κ1) is 12.6. The molecular weight excluding hydrogens is 363 g/mol. The van der Waals surface area contributed by atoms with E-state index in [-0.39, 0.29) is 39.1 Å². The van der Waals surface area contributed by atoms with Gasteiger partial charge in [0.1, 0.15) is 12.2 Å². The minimum Gasteiger partial charge on any atom is -0.343 e. The maximum absolute atomic E-state index is 5.84. The van der Waals surface area contributed by atoms with Crippen LogP contribution in [0, 0.1) is 0 Å². The summed E-state index contributed by atoms with van der Waals surface area (Å²) in [5.74, 6) is -0.325. The van der Waals surface area contributed by atoms with Crippen molar-refractivity contribution in [3.05, 3.63) is 0 Å². The van der Waals surface area contributed by atoms with Gasteiger partial charge in [0.2, 0.25) is 0 Å². The van der Waals surface area contributed by atoms with Gasteiger partial charge in [0.05, 0.1) is 0 Å². The first-order chi connectivity index (χ1) is 6.29. The third kappa shape index (κ3) is 2.20. The Kier molecular flexibility index (Phi) is 4.53. The van der Waals surface area contributed by atoms with Crippen LogP contribution in [0.25, 0.3) is 0 Å². The first-order valence-electron chi connectivity index (χ1n) is 5.05. The maximum Gasteiger partial charge on any atom is 0.169 e. The standard InChI is InChI=1S/C9H18N2O2.Pt/c10-5-7-8(6-11)13-9(12-7)3-1-2-4-9;/h7-8H,1-6,10-11H2;/t7-,8-;/m1./s1. The fourth-order valence-corrected chi connectivity index (χ4v) is 2.28. The van der Waals surface area contributed by atoms with Crippen molar-refractivity contribution in [3.63, 3.8) is 0 Å². The Balaban J connectivity index is 0.000000980. The number of nitrogens with two attached hydrogens (primary N) is 2. The summed E-state index contributed by atoms with van der Waals surface area (Å²) < 4.78 is 11.7. The van der Waals surface area contributed by atoms with Crippen molar-refractivity contribution in [2.24, 2.45) is 11.5 Å². The fraction of sp³-hybridized carbons (Fsp3) is 1.00. The molecule has 1 heterocycles. The van der Waals surface area contributed by atoms with Crippen LogP contribution in [0.3, 0.4) is 0 Å². The Labute approximate surface area is 98.9 Å². The van der Waals surface area contributed by atoms with Gasteiger partial charge in [-0.1, -0.05) is 0 Å². The molecule has 2 atom stereocenters. The van der Waals surface area contributed by atoms with Crippen LogP contribution in [-0.4, -0.2) is 31.1 Å². The van der Waals surface area contributed by atoms with Gasteiger partial charge in [-0.2, -0.15) is 0 Å². The molecule has 0 unspecified atom stereocenters. The van der Waals surface area contributed by atoms with Gasteiger partial charge in [-0.05, 0) is 12.8 Å². The Bertz CT molecular complexity index is 172. The molecule has 0 radical (unpaired) electrons. The molecule has 5 heteroatoms. The zero-order chi connectivity index (χ0) is 9.31. The molecule has 1 aliphatic carbocycles. The summed E-state index contributed by atoms with van der Waals surface area (Å²) in [5.41, 5.74) is 11.2. The topological polar surface area (TPSA) is 70.5 Å². The predicted octanol–water partition coefficient (Wildman–Crippen LogP) is -0.0444. The van der Waals surface area contributed by atoms with E-state index in [1.807, 2.05) is 0 Å². The average Bonchev–Trinajstić information content (AvgIpc) is 2.74. The second-order valence-corrected chi connectivity index (χ2v) is 3.90. The molecule has 1 spiro atoms. The van der Waals surface area contributed by atoms with Gasteiger partial charge in [-0.15, -0.1) is 0 Å². The van der Waals surface area contributed by atoms with E-state index in [2.05, 4.69) is 0 Å². The van der Waals surface area contributed by atoms with Crippen LogP contribution in [-0.2, 0) is 30.5 Å². The summed E-state index contributed by atoms with van der Waals surface area (Å²) in [7, 11) is 0. The van der Waals surface area contributed by atoms with E-state index in [4.69, 9.17) is 20.9 Å². The summed E-state index contributed by atoms with van der Waals surface area (Å²) in [6.45, 7) is 1.01. The van der Waals surface area contributed by atoms with Gasteiger partial charge in [-0.25, -0.2) is 0 Å². The van der Waals surface area contributed by atoms with Crippen LogP contribution in [0.15, 0.2) is 0 Å². The van der Waals surface area contributed by atoms with E-state index >= 15 is 0 Å². The number of hydrogen-bond donors (Lipinski definition) is 2. The minimum absolute atomic E-state index is 0. The fourth-order valence-electron chi connectivity index (χ4n) is 2.28. The van der Waals surface area contributed by atoms with Crippen LogP contribution in [0.1, 0.15) is 25.7 Å². The Morgan fingerprint density at radius 1 is 1.00 bits per heavy atom. The summed E-state index contributed by atoms with van der Waals surface area (Å²) in [5, 5.41) is 0. The third-order valence-corrected chi connectivity index (χ3v) is 2.98. The second kappa shape index (κ2) is 5.04. The Hall–Kier alpha value is 0.528. The van der Waals surface area contributed by atoms with E-state index in [1.165, 1.54) is 12.8 Å². The maximum atomic E-state index is 5.84. The Morgan fingerprint density at radius 3 is 1.79 bits per heavy atom. The van der Waals surface area contributed by atoms with Crippen LogP contribution < -0.4 is 11.5 Å². The van der Waals surface area contributed by atoms with Crippen LogP contribution in [0.2, 0.25) is 0 Å². The minimum atomic E-state index is -0.325. The quantitative estimate of drug-likeness (QED) is 0.704. The van der Waals surface area contributed by atoms with Crippen molar-refractivity contribution in [2.75, 3.05) is 13.1 Å². The summed E-state index contributed by atoms with van der Waals surface area (Å²) in [4.78, 5) is 0. The SMILES string of the molecule is NC[C@H]1OC2(CCCC2)O[C@@H]1CN.[Pt]. The van der Waals surface area contributed by atoms with Gasteiger partial charge >= 0.3 is 0 Å². The molecule has 4 N–H and O–H groups in total. The van der Waals surface area contributed by atoms with E-state index in [1.54, 1.807) is 0 Å². The molecule has 0 bridgehead atoms. The van der Waals surface area contributed by atoms with Crippen LogP contribution in [0.4, 0.5) is 0 Å². The molecule has 1 saturated heterocycles. The monoisotopic (exact) mass is 381 g/mol. The number of hydrogen-bond acceptors (Lipinski definition) is 4. The number of ether oxygens (including phenoxy) is 2. The van der Waals surface area contributed by atoms with Gasteiger partial charge in [0.15, 0.2) is 5.79 Å². The van der Waals surface area contributed by atoms with Crippen LogP contribution >= 0.6 is 0 Å². The molecule has 14 heavy (non-hydrogen) atoms. The summed E-state index contributed by atoms with van der Waals surface area (Å²) in [6.07, 6.45) is 4.38. The average molecular weight is 381 g/mol. The van der Waals surface area contributed by atoms with Gasteiger partial charge in [0.25, 0.3) is 0 Å². The van der Waals surface area contributed by atoms with Crippen LogP contribution in [0.5, 0.6) is 0 Å².